The maximum atomic E-state index is 12.8. The third-order valence-corrected chi connectivity index (χ3v) is 6.29. The predicted molar refractivity (Wildman–Crippen MR) is 125 cm³/mol. The van der Waals surface area contributed by atoms with Gasteiger partial charge in [-0.2, -0.15) is 0 Å². The molecule has 0 saturated heterocycles. The number of carbonyl (C=O) groups excluding carboxylic acids is 3. The van der Waals surface area contributed by atoms with Crippen molar-refractivity contribution >= 4 is 46.3 Å². The highest BCUT2D eigenvalue weighted by Gasteiger charge is 2.27. The number of hydrogen-bond donors (Lipinski definition) is 3. The zero-order valence-electron chi connectivity index (χ0n) is 18.3. The Morgan fingerprint density at radius 1 is 1.25 bits per heavy atom. The molecule has 2 aromatic rings. The van der Waals surface area contributed by atoms with Crippen molar-refractivity contribution in [1.82, 2.24) is 25.4 Å². The minimum Gasteiger partial charge on any atom is -0.376 e. The summed E-state index contributed by atoms with van der Waals surface area (Å²) in [6.07, 6.45) is 0.798. The van der Waals surface area contributed by atoms with Crippen molar-refractivity contribution in [1.29, 1.82) is 0 Å². The van der Waals surface area contributed by atoms with Crippen molar-refractivity contribution in [2.45, 2.75) is 19.0 Å². The molecular formula is C21H27ClN6O3S. The molecule has 172 valence electrons. The fourth-order valence-corrected chi connectivity index (χ4v) is 4.40. The molecule has 0 spiro atoms. The SMILES string of the molecule is CN1CCc2nc(C(=O)NC(CNC(=O)CNc3ccc(Cl)cc3)C(=O)N(C)C)sc2C1. The van der Waals surface area contributed by atoms with E-state index >= 15 is 0 Å². The molecule has 11 heteroatoms. The van der Waals surface area contributed by atoms with Crippen molar-refractivity contribution in [2.24, 2.45) is 0 Å². The van der Waals surface area contributed by atoms with Gasteiger partial charge in [-0.25, -0.2) is 4.98 Å². The van der Waals surface area contributed by atoms with Crippen LogP contribution in [0.4, 0.5) is 5.69 Å². The monoisotopic (exact) mass is 478 g/mol. The molecule has 1 atom stereocenters. The first-order valence-corrected chi connectivity index (χ1v) is 11.4. The van der Waals surface area contributed by atoms with Crippen LogP contribution in [0.25, 0.3) is 0 Å². The molecule has 1 unspecified atom stereocenters. The van der Waals surface area contributed by atoms with Crippen LogP contribution in [0, 0.1) is 0 Å². The quantitative estimate of drug-likeness (QED) is 0.526. The molecule has 1 aliphatic rings. The standard InChI is InChI=1S/C21H27ClN6O3S/c1-27(2)21(31)16(10-24-18(29)11-23-14-6-4-13(22)5-7-14)25-19(30)20-26-15-8-9-28(3)12-17(15)32-20/h4-7,16,23H,8-12H2,1-3H3,(H,24,29)(H,25,30). The molecule has 1 aromatic heterocycles. The molecule has 3 N–H and O–H groups in total. The highest BCUT2D eigenvalue weighted by atomic mass is 35.5. The second kappa shape index (κ2) is 10.8. The third kappa shape index (κ3) is 6.41. The van der Waals surface area contributed by atoms with Gasteiger partial charge < -0.3 is 25.8 Å². The van der Waals surface area contributed by atoms with Crippen molar-refractivity contribution in [3.63, 3.8) is 0 Å². The number of carbonyl (C=O) groups is 3. The molecule has 1 aromatic carbocycles. The molecular weight excluding hydrogens is 452 g/mol. The molecule has 0 fully saturated rings. The summed E-state index contributed by atoms with van der Waals surface area (Å²) in [5, 5.41) is 9.34. The molecule has 0 aliphatic carbocycles. The van der Waals surface area contributed by atoms with Gasteiger partial charge in [-0.05, 0) is 31.3 Å². The van der Waals surface area contributed by atoms with Gasteiger partial charge in [-0.3, -0.25) is 14.4 Å². The average Bonchev–Trinajstić information content (AvgIpc) is 3.18. The van der Waals surface area contributed by atoms with Crippen molar-refractivity contribution in [3.05, 3.63) is 44.9 Å². The molecule has 0 saturated carbocycles. The number of rotatable bonds is 8. The van der Waals surface area contributed by atoms with E-state index in [0.29, 0.717) is 10.0 Å². The maximum absolute atomic E-state index is 12.8. The van der Waals surface area contributed by atoms with Gasteiger partial charge in [0.15, 0.2) is 5.01 Å². The molecule has 0 bridgehead atoms. The molecule has 1 aliphatic heterocycles. The number of amides is 3. The molecule has 3 rings (SSSR count). The first kappa shape index (κ1) is 24.0. The van der Waals surface area contributed by atoms with Crippen LogP contribution in [-0.4, -0.2) is 79.3 Å². The Labute approximate surface area is 196 Å². The van der Waals surface area contributed by atoms with Crippen LogP contribution in [0.3, 0.4) is 0 Å². The average molecular weight is 479 g/mol. The third-order valence-electron chi connectivity index (χ3n) is 4.96. The summed E-state index contributed by atoms with van der Waals surface area (Å²) in [7, 11) is 5.23. The van der Waals surface area contributed by atoms with Gasteiger partial charge in [-0.1, -0.05) is 11.6 Å². The number of halogens is 1. The minimum absolute atomic E-state index is 0.0190. The number of aromatic nitrogens is 1. The molecule has 2 heterocycles. The smallest absolute Gasteiger partial charge is 0.280 e. The summed E-state index contributed by atoms with van der Waals surface area (Å²) in [5.41, 5.74) is 1.69. The van der Waals surface area contributed by atoms with E-state index in [1.54, 1.807) is 38.4 Å². The highest BCUT2D eigenvalue weighted by Crippen LogP contribution is 2.24. The summed E-state index contributed by atoms with van der Waals surface area (Å²) in [5.74, 6) is -1.04. The van der Waals surface area contributed by atoms with Crippen LogP contribution in [0.5, 0.6) is 0 Å². The zero-order chi connectivity index (χ0) is 23.3. The summed E-state index contributed by atoms with van der Waals surface area (Å²) >= 11 is 7.20. The fraction of sp³-hybridized carbons (Fsp3) is 0.429. The van der Waals surface area contributed by atoms with E-state index in [-0.39, 0.29) is 24.9 Å². The van der Waals surface area contributed by atoms with Crippen LogP contribution in [0.15, 0.2) is 24.3 Å². The van der Waals surface area contributed by atoms with Crippen molar-refractivity contribution in [2.75, 3.05) is 46.1 Å². The summed E-state index contributed by atoms with van der Waals surface area (Å²) in [4.78, 5) is 46.7. The Bertz CT molecular complexity index is 978. The number of benzene rings is 1. The van der Waals surface area contributed by atoms with Gasteiger partial charge in [0.05, 0.1) is 12.2 Å². The topological polar surface area (TPSA) is 107 Å². The van der Waals surface area contributed by atoms with E-state index in [4.69, 9.17) is 11.6 Å². The first-order chi connectivity index (χ1) is 15.2. The molecule has 3 amide bonds. The second-order valence-electron chi connectivity index (χ2n) is 7.80. The van der Waals surface area contributed by atoms with Crippen LogP contribution >= 0.6 is 22.9 Å². The Kier molecular flexibility index (Phi) is 8.05. The Morgan fingerprint density at radius 2 is 1.97 bits per heavy atom. The lowest BCUT2D eigenvalue weighted by Crippen LogP contribution is -2.52. The number of nitrogens with one attached hydrogen (secondary N) is 3. The normalized spacial score (nSPS) is 14.2. The Morgan fingerprint density at radius 3 is 2.66 bits per heavy atom. The van der Waals surface area contributed by atoms with Crippen molar-refractivity contribution in [3.8, 4) is 0 Å². The van der Waals surface area contributed by atoms with Crippen LogP contribution in [-0.2, 0) is 22.6 Å². The Hall–Kier alpha value is -2.69. The first-order valence-electron chi connectivity index (χ1n) is 10.2. The predicted octanol–water partition coefficient (Wildman–Crippen LogP) is 1.20. The van der Waals surface area contributed by atoms with Gasteiger partial charge in [0.25, 0.3) is 5.91 Å². The summed E-state index contributed by atoms with van der Waals surface area (Å²) < 4.78 is 0. The van der Waals surface area contributed by atoms with E-state index < -0.39 is 11.9 Å². The number of thiazole rings is 1. The van der Waals surface area contributed by atoms with Gasteiger partial charge in [-0.15, -0.1) is 11.3 Å². The van der Waals surface area contributed by atoms with E-state index in [1.807, 2.05) is 7.05 Å². The lowest BCUT2D eigenvalue weighted by molar-refractivity contribution is -0.130. The zero-order valence-corrected chi connectivity index (χ0v) is 19.8. The van der Waals surface area contributed by atoms with Crippen LogP contribution in [0.2, 0.25) is 5.02 Å². The number of likely N-dealkylation sites (N-methyl/N-ethyl adjacent to an activating group) is 2. The molecule has 9 nitrogen and oxygen atoms in total. The molecule has 0 radical (unpaired) electrons. The lowest BCUT2D eigenvalue weighted by atomic mass is 10.2. The fourth-order valence-electron chi connectivity index (χ4n) is 3.18. The molecule has 32 heavy (non-hydrogen) atoms. The number of anilines is 1. The van der Waals surface area contributed by atoms with E-state index in [1.165, 1.54) is 16.2 Å². The summed E-state index contributed by atoms with van der Waals surface area (Å²) in [6.45, 7) is 1.65. The van der Waals surface area contributed by atoms with Gasteiger partial charge in [0.1, 0.15) is 6.04 Å². The summed E-state index contributed by atoms with van der Waals surface area (Å²) in [6, 6.07) is 6.06. The number of nitrogens with zero attached hydrogens (tertiary/aromatic N) is 3. The van der Waals surface area contributed by atoms with Crippen molar-refractivity contribution < 1.29 is 14.4 Å². The van der Waals surface area contributed by atoms with Crippen LogP contribution < -0.4 is 16.0 Å². The van der Waals surface area contributed by atoms with Gasteiger partial charge in [0, 0.05) is 55.7 Å². The lowest BCUT2D eigenvalue weighted by Gasteiger charge is -2.21. The second-order valence-corrected chi connectivity index (χ2v) is 9.32. The Balaban J connectivity index is 1.57. The number of hydrogen-bond acceptors (Lipinski definition) is 7. The highest BCUT2D eigenvalue weighted by molar-refractivity contribution is 7.13. The largest absolute Gasteiger partial charge is 0.376 e. The van der Waals surface area contributed by atoms with Crippen LogP contribution in [0.1, 0.15) is 20.4 Å². The maximum Gasteiger partial charge on any atom is 0.280 e. The van der Waals surface area contributed by atoms with E-state index in [2.05, 4.69) is 25.8 Å². The minimum atomic E-state index is -0.902. The van der Waals surface area contributed by atoms with Gasteiger partial charge in [0.2, 0.25) is 11.8 Å². The number of fused-ring (bicyclic) bond motifs is 1. The van der Waals surface area contributed by atoms with E-state index in [0.717, 1.165) is 35.8 Å². The van der Waals surface area contributed by atoms with E-state index in [9.17, 15) is 14.4 Å². The van der Waals surface area contributed by atoms with Gasteiger partial charge >= 0.3 is 0 Å².